The molecule has 0 amide bonds. The van der Waals surface area contributed by atoms with E-state index in [-0.39, 0.29) is 0 Å². The van der Waals surface area contributed by atoms with Crippen molar-refractivity contribution in [3.05, 3.63) is 36.0 Å². The van der Waals surface area contributed by atoms with Crippen LogP contribution < -0.4 is 5.73 Å². The fourth-order valence-electron chi connectivity index (χ4n) is 3.55. The lowest BCUT2D eigenvalue weighted by Gasteiger charge is -2.26. The summed E-state index contributed by atoms with van der Waals surface area (Å²) in [5, 5.41) is 4.53. The Morgan fingerprint density at radius 3 is 2.62 bits per heavy atom. The molecule has 6 heteroatoms. The summed E-state index contributed by atoms with van der Waals surface area (Å²) in [5.41, 5.74) is 9.17. The molecule has 1 aliphatic rings. The van der Waals surface area contributed by atoms with Crippen LogP contribution in [0.5, 0.6) is 0 Å². The fourth-order valence-corrected chi connectivity index (χ4v) is 3.55. The zero-order chi connectivity index (χ0) is 16.5. The minimum absolute atomic E-state index is 0.627. The third-order valence-corrected chi connectivity index (χ3v) is 4.77. The largest absolute Gasteiger partial charge is 0.383 e. The lowest BCUT2D eigenvalue weighted by Crippen LogP contribution is -2.32. The predicted molar refractivity (Wildman–Crippen MR) is 96.3 cm³/mol. The number of likely N-dealkylation sites (tertiary alicyclic amines) is 1. The Kier molecular flexibility index (Phi) is 3.98. The van der Waals surface area contributed by atoms with Crippen molar-refractivity contribution in [3.8, 4) is 5.95 Å². The van der Waals surface area contributed by atoms with Crippen LogP contribution in [0.4, 0.5) is 5.82 Å². The van der Waals surface area contributed by atoms with Crippen LogP contribution in [0.2, 0.25) is 0 Å². The van der Waals surface area contributed by atoms with Gasteiger partial charge in [0, 0.05) is 19.2 Å². The number of para-hydroxylation sites is 2. The van der Waals surface area contributed by atoms with Gasteiger partial charge in [0.2, 0.25) is 5.95 Å². The van der Waals surface area contributed by atoms with Gasteiger partial charge in [-0.3, -0.25) is 0 Å². The Morgan fingerprint density at radius 1 is 1.08 bits per heavy atom. The summed E-state index contributed by atoms with van der Waals surface area (Å²) < 4.78 is 4.00. The molecule has 1 aliphatic heterocycles. The number of anilines is 1. The number of nitrogens with two attached hydrogens (primary N) is 1. The topological polar surface area (TPSA) is 64.9 Å². The van der Waals surface area contributed by atoms with E-state index >= 15 is 0 Å². The van der Waals surface area contributed by atoms with Gasteiger partial charge in [-0.15, -0.1) is 0 Å². The number of benzene rings is 1. The average molecular weight is 324 g/mol. The number of piperidine rings is 1. The molecule has 4 rings (SSSR count). The van der Waals surface area contributed by atoms with Crippen LogP contribution >= 0.6 is 0 Å². The molecule has 1 saturated heterocycles. The Morgan fingerprint density at radius 2 is 1.88 bits per heavy atom. The van der Waals surface area contributed by atoms with E-state index in [1.54, 1.807) is 4.68 Å². The van der Waals surface area contributed by atoms with E-state index in [0.29, 0.717) is 5.82 Å². The van der Waals surface area contributed by atoms with E-state index in [1.807, 2.05) is 25.1 Å². The maximum Gasteiger partial charge on any atom is 0.233 e. The van der Waals surface area contributed by atoms with Gasteiger partial charge in [-0.25, -0.2) is 4.98 Å². The lowest BCUT2D eigenvalue weighted by atomic mass is 10.1. The molecule has 126 valence electrons. The highest BCUT2D eigenvalue weighted by molar-refractivity contribution is 5.77. The molecular weight excluding hydrogens is 300 g/mol. The number of nitrogens with zero attached hydrogens (tertiary/aromatic N) is 5. The van der Waals surface area contributed by atoms with Gasteiger partial charge in [0.1, 0.15) is 5.82 Å². The third kappa shape index (κ3) is 2.78. The Labute approximate surface area is 141 Å². The average Bonchev–Trinajstić information content (AvgIpc) is 3.13. The van der Waals surface area contributed by atoms with Crippen molar-refractivity contribution in [2.45, 2.75) is 32.7 Å². The molecule has 2 aromatic heterocycles. The fraction of sp³-hybridized carbons (Fsp3) is 0.444. The van der Waals surface area contributed by atoms with Gasteiger partial charge in [-0.2, -0.15) is 9.78 Å². The van der Waals surface area contributed by atoms with Crippen LogP contribution in [-0.2, 0) is 6.54 Å². The van der Waals surface area contributed by atoms with Crippen molar-refractivity contribution in [2.24, 2.45) is 0 Å². The first-order chi connectivity index (χ1) is 11.7. The number of rotatable bonds is 4. The van der Waals surface area contributed by atoms with Gasteiger partial charge < -0.3 is 15.2 Å². The molecule has 3 aromatic rings. The molecule has 0 unspecified atom stereocenters. The SMILES string of the molecule is Cc1cc(N)n(-c2nc3ccccc3n2CCN2CCCCC2)n1. The summed E-state index contributed by atoms with van der Waals surface area (Å²) in [6, 6.07) is 10.1. The number of fused-ring (bicyclic) bond motifs is 1. The monoisotopic (exact) mass is 324 g/mol. The van der Waals surface area contributed by atoms with E-state index in [1.165, 1.54) is 32.4 Å². The van der Waals surface area contributed by atoms with Crippen LogP contribution in [0.1, 0.15) is 25.0 Å². The Bertz CT molecular complexity index is 840. The van der Waals surface area contributed by atoms with Crippen LogP contribution in [-0.4, -0.2) is 43.9 Å². The quantitative estimate of drug-likeness (QED) is 0.801. The summed E-state index contributed by atoms with van der Waals surface area (Å²) in [4.78, 5) is 7.33. The molecule has 1 aromatic carbocycles. The maximum absolute atomic E-state index is 6.14. The summed E-state index contributed by atoms with van der Waals surface area (Å²) in [6.07, 6.45) is 3.98. The highest BCUT2D eigenvalue weighted by atomic mass is 15.4. The highest BCUT2D eigenvalue weighted by Gasteiger charge is 2.17. The van der Waals surface area contributed by atoms with E-state index in [2.05, 4.69) is 26.7 Å². The van der Waals surface area contributed by atoms with E-state index < -0.39 is 0 Å². The number of aryl methyl sites for hydroxylation is 1. The molecule has 6 nitrogen and oxygen atoms in total. The number of hydrogen-bond acceptors (Lipinski definition) is 4. The van der Waals surface area contributed by atoms with Gasteiger partial charge in [0.25, 0.3) is 0 Å². The Balaban J connectivity index is 1.71. The smallest absolute Gasteiger partial charge is 0.233 e. The summed E-state index contributed by atoms with van der Waals surface area (Å²) in [7, 11) is 0. The zero-order valence-corrected chi connectivity index (χ0v) is 14.1. The second-order valence-corrected chi connectivity index (χ2v) is 6.58. The summed E-state index contributed by atoms with van der Waals surface area (Å²) >= 11 is 0. The summed E-state index contributed by atoms with van der Waals surface area (Å²) in [5.74, 6) is 1.43. The second-order valence-electron chi connectivity index (χ2n) is 6.58. The molecule has 0 saturated carbocycles. The minimum Gasteiger partial charge on any atom is -0.383 e. The molecule has 2 N–H and O–H groups in total. The summed E-state index contributed by atoms with van der Waals surface area (Å²) in [6.45, 7) is 6.28. The van der Waals surface area contributed by atoms with Gasteiger partial charge in [0.15, 0.2) is 0 Å². The molecular formula is C18H24N6. The zero-order valence-electron chi connectivity index (χ0n) is 14.1. The number of aromatic nitrogens is 4. The van der Waals surface area contributed by atoms with Crippen molar-refractivity contribution >= 4 is 16.9 Å². The van der Waals surface area contributed by atoms with Crippen LogP contribution in [0.15, 0.2) is 30.3 Å². The van der Waals surface area contributed by atoms with Crippen molar-refractivity contribution < 1.29 is 0 Å². The lowest BCUT2D eigenvalue weighted by molar-refractivity contribution is 0.221. The third-order valence-electron chi connectivity index (χ3n) is 4.77. The van der Waals surface area contributed by atoms with Crippen molar-refractivity contribution in [1.29, 1.82) is 0 Å². The van der Waals surface area contributed by atoms with E-state index in [0.717, 1.165) is 35.8 Å². The van der Waals surface area contributed by atoms with E-state index in [4.69, 9.17) is 10.7 Å². The second kappa shape index (κ2) is 6.28. The van der Waals surface area contributed by atoms with Gasteiger partial charge in [-0.1, -0.05) is 18.6 Å². The minimum atomic E-state index is 0.627. The van der Waals surface area contributed by atoms with Crippen molar-refractivity contribution in [2.75, 3.05) is 25.4 Å². The molecule has 3 heterocycles. The molecule has 0 atom stereocenters. The van der Waals surface area contributed by atoms with Crippen LogP contribution in [0, 0.1) is 6.92 Å². The molecule has 0 aliphatic carbocycles. The first-order valence-corrected chi connectivity index (χ1v) is 8.72. The standard InChI is InChI=1S/C18H24N6/c1-14-13-17(19)24(21-14)18-20-15-7-3-4-8-16(15)23(18)12-11-22-9-5-2-6-10-22/h3-4,7-8,13H,2,5-6,9-12,19H2,1H3. The van der Waals surface area contributed by atoms with Crippen molar-refractivity contribution in [1.82, 2.24) is 24.2 Å². The first kappa shape index (κ1) is 15.2. The van der Waals surface area contributed by atoms with Gasteiger partial charge >= 0.3 is 0 Å². The Hall–Kier alpha value is -2.34. The molecule has 0 bridgehead atoms. The first-order valence-electron chi connectivity index (χ1n) is 8.72. The maximum atomic E-state index is 6.14. The van der Waals surface area contributed by atoms with Crippen LogP contribution in [0.25, 0.3) is 17.0 Å². The number of hydrogen-bond donors (Lipinski definition) is 1. The predicted octanol–water partition coefficient (Wildman–Crippen LogP) is 2.60. The molecule has 1 fully saturated rings. The molecule has 0 radical (unpaired) electrons. The molecule has 0 spiro atoms. The van der Waals surface area contributed by atoms with Crippen molar-refractivity contribution in [3.63, 3.8) is 0 Å². The van der Waals surface area contributed by atoms with Gasteiger partial charge in [0.05, 0.1) is 16.7 Å². The normalized spacial score (nSPS) is 16.0. The number of imidazole rings is 1. The molecule has 24 heavy (non-hydrogen) atoms. The van der Waals surface area contributed by atoms with Crippen LogP contribution in [0.3, 0.4) is 0 Å². The number of nitrogen functional groups attached to an aromatic ring is 1. The van der Waals surface area contributed by atoms with E-state index in [9.17, 15) is 0 Å². The van der Waals surface area contributed by atoms with Gasteiger partial charge in [-0.05, 0) is 45.0 Å². The highest BCUT2D eigenvalue weighted by Crippen LogP contribution is 2.21.